The smallest absolute Gasteiger partial charge is 0.274 e. The van der Waals surface area contributed by atoms with E-state index in [-0.39, 0.29) is 202 Å². The van der Waals surface area contributed by atoms with Crippen LogP contribution in [-0.2, 0) is 161 Å². The Labute approximate surface area is 818 Å². The van der Waals surface area contributed by atoms with Gasteiger partial charge >= 0.3 is 0 Å². The van der Waals surface area contributed by atoms with E-state index < -0.39 is 23.5 Å². The summed E-state index contributed by atoms with van der Waals surface area (Å²) in [7, 11) is 0. The van der Waals surface area contributed by atoms with Gasteiger partial charge < -0.3 is 46.8 Å². The molecule has 2 unspecified atom stereocenters. The molecule has 0 aliphatic heterocycles. The number of hydrogen-bond donors (Lipinski definition) is 4. The van der Waals surface area contributed by atoms with E-state index in [1.807, 2.05) is 116 Å². The second-order valence-electron chi connectivity index (χ2n) is 32.9. The SMILES string of the molecule is CC(=O)C=C(C)O.CC(C)(C)c1cc(C=Nc2ccccc2N=Cc2cc(C(C)(C)C)cc(C(C)(C)C)c2O)c(O)c(C(C)(C)C)c1.FC1(F)c2cccc3ccnc(c23)C2[CH-]CCCC21.Fc1c[c-]c(-c2ccccn2)c(F)c1.Fc1c[c-]c(-c2ccccn2)cc1.OCc1ccnc(-c2[c-]cc(F)cc2)c1.[Ir].[Ir].[Ir].[Ir].[Ir].[Pt].[c-]1ccccc1-c1ccccn1. The van der Waals surface area contributed by atoms with Crippen LogP contribution >= 0.6 is 0 Å². The minimum absolute atomic E-state index is 0. The number of hydrogen-bond acceptors (Lipinski definition) is 12. The van der Waals surface area contributed by atoms with Crippen molar-refractivity contribution in [2.24, 2.45) is 15.9 Å². The van der Waals surface area contributed by atoms with Crippen LogP contribution < -0.4 is 0 Å². The average molecular weight is 2770 g/mol. The number of aliphatic hydroxyl groups excluding tert-OH is 2. The quantitative estimate of drug-likeness (QED) is 0.0337. The average Bonchev–Trinajstić information content (AvgIpc) is 0.720. The van der Waals surface area contributed by atoms with Crippen molar-refractivity contribution in [1.82, 2.24) is 24.9 Å². The van der Waals surface area contributed by atoms with Crippen LogP contribution in [-0.4, -0.2) is 63.6 Å². The van der Waals surface area contributed by atoms with Crippen molar-refractivity contribution < 1.29 is 173 Å². The number of phenols is 2. The predicted octanol–water partition coefficient (Wildman–Crippen LogP) is 25.5. The Morgan fingerprint density at radius 2 is 0.976 bits per heavy atom. The Bertz CT molecular complexity index is 5510. The van der Waals surface area contributed by atoms with Crippen molar-refractivity contribution >= 4 is 40.4 Å². The molecule has 0 amide bonds. The summed E-state index contributed by atoms with van der Waals surface area (Å²) in [6.45, 7) is 28.5. The summed E-state index contributed by atoms with van der Waals surface area (Å²) in [6.07, 6.45) is 17.4. The number of rotatable bonds is 10. The van der Waals surface area contributed by atoms with Gasteiger partial charge in [-0.2, -0.15) is 6.42 Å². The molecule has 0 saturated heterocycles. The van der Waals surface area contributed by atoms with E-state index in [1.165, 1.54) is 44.2 Å². The Kier molecular flexibility index (Phi) is 45.6. The van der Waals surface area contributed by atoms with Crippen molar-refractivity contribution in [3.8, 4) is 56.5 Å². The summed E-state index contributed by atoms with van der Waals surface area (Å²) in [5.41, 5.74) is 13.7. The number of aromatic hydroxyl groups is 2. The number of aliphatic imine (C=N–C) groups is 2. The van der Waals surface area contributed by atoms with Crippen molar-refractivity contribution in [3.63, 3.8) is 0 Å². The summed E-state index contributed by atoms with van der Waals surface area (Å²) in [5, 5.41) is 41.2. The summed E-state index contributed by atoms with van der Waals surface area (Å²) < 4.78 is 80.5. The largest absolute Gasteiger partial charge is 0.512 e. The first kappa shape index (κ1) is 112. The number of allylic oxidation sites excluding steroid dienone is 2. The molecule has 126 heavy (non-hydrogen) atoms. The Hall–Kier alpha value is -8.60. The third-order valence-electron chi connectivity index (χ3n) is 19.3. The molecule has 5 radical (unpaired) electrons. The molecule has 1 saturated carbocycles. The van der Waals surface area contributed by atoms with Gasteiger partial charge in [-0.3, -0.25) is 37.3 Å². The van der Waals surface area contributed by atoms with Crippen LogP contribution in [0.15, 0.2) is 265 Å². The van der Waals surface area contributed by atoms with Gasteiger partial charge in [-0.05, 0) is 141 Å². The Morgan fingerprint density at radius 1 is 0.508 bits per heavy atom. The van der Waals surface area contributed by atoms with Crippen LogP contribution in [0.2, 0.25) is 0 Å². The summed E-state index contributed by atoms with van der Waals surface area (Å²) in [5.74, 6) is -4.99. The number of halogens is 6. The van der Waals surface area contributed by atoms with E-state index in [4.69, 9.17) is 20.2 Å². The van der Waals surface area contributed by atoms with Crippen molar-refractivity contribution in [3.05, 3.63) is 359 Å². The normalized spacial score (nSPS) is 13.5. The molecule has 13 aromatic rings. The minimum atomic E-state index is -2.74. The molecule has 2 aliphatic carbocycles. The van der Waals surface area contributed by atoms with Crippen LogP contribution in [0.5, 0.6) is 11.5 Å². The topological polar surface area (TPSA) is 187 Å². The molecule has 24 heteroatoms. The number of benzene rings is 8. The number of fused-ring (bicyclic) bond motifs is 2. The van der Waals surface area contributed by atoms with Crippen molar-refractivity contribution in [2.75, 3.05) is 0 Å². The van der Waals surface area contributed by atoms with Crippen LogP contribution in [0.4, 0.5) is 37.7 Å². The third kappa shape index (κ3) is 32.2. The zero-order chi connectivity index (χ0) is 87.1. The maximum absolute atomic E-state index is 14.7. The molecule has 0 bridgehead atoms. The minimum Gasteiger partial charge on any atom is -0.512 e. The number of aliphatic hydroxyl groups is 2. The van der Waals surface area contributed by atoms with Gasteiger partial charge in [-0.1, -0.05) is 186 Å². The predicted molar refractivity (Wildman–Crippen MR) is 469 cm³/mol. The molecule has 0 spiro atoms. The van der Waals surface area contributed by atoms with E-state index >= 15 is 0 Å². The molecule has 1 fully saturated rings. The van der Waals surface area contributed by atoms with Gasteiger partial charge in [0, 0.05) is 239 Å². The molecule has 8 aromatic carbocycles. The molecule has 2 atom stereocenters. The molecule has 12 nitrogen and oxygen atoms in total. The first-order chi connectivity index (χ1) is 56.9. The monoisotopic (exact) mass is 2780 g/mol. The van der Waals surface area contributed by atoms with E-state index in [9.17, 15) is 41.4 Å². The summed E-state index contributed by atoms with van der Waals surface area (Å²) in [6, 6.07) is 72.6. The van der Waals surface area contributed by atoms with Crippen LogP contribution in [0.25, 0.3) is 55.8 Å². The second-order valence-corrected chi connectivity index (χ2v) is 32.9. The Morgan fingerprint density at radius 3 is 1.40 bits per heavy atom. The van der Waals surface area contributed by atoms with Crippen molar-refractivity contribution in [2.45, 2.75) is 156 Å². The summed E-state index contributed by atoms with van der Waals surface area (Å²) >= 11 is 0. The van der Waals surface area contributed by atoms with Gasteiger partial charge in [-0.15, -0.1) is 114 Å². The maximum Gasteiger partial charge on any atom is 0.274 e. The molecule has 675 valence electrons. The number of carbonyl (C=O) groups is 1. The number of alkyl halides is 2. The van der Waals surface area contributed by atoms with Gasteiger partial charge in [0.2, 0.25) is 0 Å². The summed E-state index contributed by atoms with van der Waals surface area (Å²) in [4.78, 5) is 40.4. The van der Waals surface area contributed by atoms with Gasteiger partial charge in [-0.25, -0.2) is 8.78 Å². The van der Waals surface area contributed by atoms with E-state index in [0.29, 0.717) is 51.3 Å². The second kappa shape index (κ2) is 51.6. The zero-order valence-electron chi connectivity index (χ0n) is 72.0. The van der Waals surface area contributed by atoms with Gasteiger partial charge in [0.15, 0.2) is 5.78 Å². The standard InChI is InChI=1S/C36H48N2O2.C16H14F2N.C12H9FNO.C11H6F2N.C11H7FN.C11H8N.C5H8O2.5Ir.Pt/c1-33(2,3)25-17-23(31(39)27(19-25)35(7,8)9)21-37-29-15-13-14-16-30(29)38-22-24-18-26(34(4,5)6)20-28(32(24)40)36(10,11)12;17-16(18)12-6-2-1-5-11(12)15-14-10(8-9-19-15)4-3-7-13(14)16;13-11-3-1-10(2-4-11)12-7-9(8-15)5-6-14-12;12-8-4-5-9(10(13)7-8)11-3-1-2-6-14-11;12-10-6-4-9(5-7-10)11-3-1-2-8-13-11;1-2-6-10(7-3-1)11-8-4-5-9-12-11;1-4(6)3-5(2)7;;;;;;/h13-22,39-40H,1-12H3;3-5,7-9,11-12H,1-2,6H2;1,3-7,15H,8H2;1-4,6-7H;1-4,6-8H;1-6,8-9H;3,6H,1-2H3;;;;;;/q;5*-1;;;;;;;. The van der Waals surface area contributed by atoms with Crippen LogP contribution in [0.1, 0.15) is 172 Å². The molecular weight excluding hydrogens is 2670 g/mol. The number of carbonyl (C=O) groups excluding carboxylic acids is 1. The number of para-hydroxylation sites is 2. The third-order valence-corrected chi connectivity index (χ3v) is 19.3. The number of aromatic nitrogens is 5. The Balaban J connectivity index is 0.000000403. The fourth-order valence-corrected chi connectivity index (χ4v) is 13.0. The van der Waals surface area contributed by atoms with Gasteiger partial charge in [0.05, 0.1) is 23.7 Å². The fourth-order valence-electron chi connectivity index (χ4n) is 13.0. The molecule has 5 heterocycles. The molecule has 5 aromatic heterocycles. The molecule has 15 rings (SSSR count). The first-order valence-electron chi connectivity index (χ1n) is 39.3. The van der Waals surface area contributed by atoms with Crippen molar-refractivity contribution in [1.29, 1.82) is 0 Å². The number of pyridine rings is 5. The number of ketones is 1. The van der Waals surface area contributed by atoms with E-state index in [2.05, 4.69) is 144 Å². The number of phenolic OH excluding ortho intramolecular Hbond substituents is 2. The maximum atomic E-state index is 14.7. The van der Waals surface area contributed by atoms with Crippen LogP contribution in [0.3, 0.4) is 0 Å². The van der Waals surface area contributed by atoms with Crippen LogP contribution in [0, 0.1) is 59.9 Å². The fraction of sp³-hybridized carbons (Fsp3) is 0.245. The first-order valence-corrected chi connectivity index (χ1v) is 39.3. The molecular formula is C102H100F6Ir5N7O5Pt-5. The van der Waals surface area contributed by atoms with E-state index in [1.54, 1.807) is 98.0 Å². The molecule has 4 N–H and O–H groups in total. The van der Waals surface area contributed by atoms with Gasteiger partial charge in [0.25, 0.3) is 5.92 Å². The number of nitrogens with zero attached hydrogens (tertiary/aromatic N) is 7. The zero-order valence-corrected chi connectivity index (χ0v) is 86.2. The van der Waals surface area contributed by atoms with Gasteiger partial charge in [0.1, 0.15) is 11.5 Å². The van der Waals surface area contributed by atoms with E-state index in [0.717, 1.165) is 86.4 Å². The molecule has 2 aliphatic rings.